The van der Waals surface area contributed by atoms with Crippen LogP contribution in [0.5, 0.6) is 0 Å². The third kappa shape index (κ3) is 2.04. The molecule has 0 spiro atoms. The van der Waals surface area contributed by atoms with Crippen LogP contribution in [0.25, 0.3) is 11.2 Å². The minimum atomic E-state index is -1.61. The first-order chi connectivity index (χ1) is 10.4. The Bertz CT molecular complexity index is 687. The second-order valence-electron chi connectivity index (χ2n) is 5.51. The van der Waals surface area contributed by atoms with E-state index in [4.69, 9.17) is 10.6 Å². The number of aliphatic hydroxyl groups excluding tert-OH is 2. The van der Waals surface area contributed by atoms with Gasteiger partial charge in [-0.25, -0.2) is 20.8 Å². The third-order valence-electron chi connectivity index (χ3n) is 3.86. The molecule has 0 amide bonds. The molecule has 4 atom stereocenters. The monoisotopic (exact) mass is 310 g/mol. The highest BCUT2D eigenvalue weighted by atomic mass is 16.6. The topological polar surface area (TPSA) is 143 Å². The Morgan fingerprint density at radius 1 is 1.45 bits per heavy atom. The summed E-state index contributed by atoms with van der Waals surface area (Å²) in [6.45, 7) is 1.02. The predicted octanol–water partition coefficient (Wildman–Crippen LogP) is -1.86. The smallest absolute Gasteiger partial charge is 0.174 e. The van der Waals surface area contributed by atoms with Crippen molar-refractivity contribution in [2.24, 2.45) is 5.84 Å². The Labute approximate surface area is 125 Å². The van der Waals surface area contributed by atoms with Crippen LogP contribution in [-0.4, -0.2) is 66.3 Å². The van der Waals surface area contributed by atoms with Crippen molar-refractivity contribution in [3.05, 3.63) is 12.7 Å². The van der Waals surface area contributed by atoms with Gasteiger partial charge in [0.1, 0.15) is 24.1 Å². The van der Waals surface area contributed by atoms with E-state index in [1.165, 1.54) is 29.2 Å². The lowest BCUT2D eigenvalue weighted by atomic mass is 9.96. The average Bonchev–Trinajstić information content (AvgIpc) is 2.99. The number of rotatable bonds is 3. The number of hydrogen-bond donors (Lipinski definition) is 4. The van der Waals surface area contributed by atoms with Crippen LogP contribution >= 0.6 is 0 Å². The lowest BCUT2D eigenvalue weighted by molar-refractivity contribution is -0.0950. The van der Waals surface area contributed by atoms with E-state index < -0.39 is 30.6 Å². The van der Waals surface area contributed by atoms with Crippen LogP contribution in [0, 0.1) is 0 Å². The molecule has 10 heteroatoms. The first-order valence-corrected chi connectivity index (χ1v) is 6.70. The number of nitrogens with zero attached hydrogens (tertiary/aromatic N) is 5. The zero-order chi connectivity index (χ0) is 16.1. The molecule has 3 heterocycles. The molecular formula is C12H18N6O4. The Morgan fingerprint density at radius 3 is 2.77 bits per heavy atom. The highest BCUT2D eigenvalue weighted by Gasteiger charge is 2.53. The van der Waals surface area contributed by atoms with Gasteiger partial charge in [-0.2, -0.15) is 0 Å². The van der Waals surface area contributed by atoms with E-state index >= 15 is 0 Å². The maximum absolute atomic E-state index is 10.5. The van der Waals surface area contributed by atoms with Crippen LogP contribution in [0.15, 0.2) is 12.7 Å². The fraction of sp³-hybridized carbons (Fsp3) is 0.583. The maximum Gasteiger partial charge on any atom is 0.174 e. The van der Waals surface area contributed by atoms with Crippen LogP contribution < -0.4 is 10.9 Å². The predicted molar refractivity (Wildman–Crippen MR) is 75.5 cm³/mol. The fourth-order valence-electron chi connectivity index (χ4n) is 2.66. The summed E-state index contributed by atoms with van der Waals surface area (Å²) >= 11 is 0. The highest BCUT2D eigenvalue weighted by Crippen LogP contribution is 2.39. The van der Waals surface area contributed by atoms with Crippen molar-refractivity contribution >= 4 is 17.0 Å². The lowest BCUT2D eigenvalue weighted by Crippen LogP contribution is -2.44. The van der Waals surface area contributed by atoms with E-state index in [1.54, 1.807) is 7.05 Å². The normalized spacial score (nSPS) is 31.8. The van der Waals surface area contributed by atoms with Crippen molar-refractivity contribution < 1.29 is 20.1 Å². The third-order valence-corrected chi connectivity index (χ3v) is 3.86. The quantitative estimate of drug-likeness (QED) is 0.379. The molecule has 1 aliphatic heterocycles. The van der Waals surface area contributed by atoms with E-state index in [2.05, 4.69) is 15.0 Å². The molecular weight excluding hydrogens is 292 g/mol. The molecule has 1 unspecified atom stereocenters. The van der Waals surface area contributed by atoms with Crippen molar-refractivity contribution in [2.45, 2.75) is 31.0 Å². The molecule has 2 aromatic heterocycles. The molecule has 120 valence electrons. The number of imidazole rings is 1. The van der Waals surface area contributed by atoms with Gasteiger partial charge in [0.15, 0.2) is 23.2 Å². The molecule has 0 radical (unpaired) electrons. The Kier molecular flexibility index (Phi) is 3.50. The average molecular weight is 310 g/mol. The van der Waals surface area contributed by atoms with Crippen LogP contribution in [0.1, 0.15) is 13.2 Å². The second kappa shape index (κ2) is 5.11. The van der Waals surface area contributed by atoms with Gasteiger partial charge in [0, 0.05) is 7.05 Å². The molecule has 22 heavy (non-hydrogen) atoms. The van der Waals surface area contributed by atoms with Crippen LogP contribution in [0.4, 0.5) is 5.82 Å². The second-order valence-corrected chi connectivity index (χ2v) is 5.51. The summed E-state index contributed by atoms with van der Waals surface area (Å²) in [6, 6.07) is 0. The zero-order valence-corrected chi connectivity index (χ0v) is 12.2. The number of ether oxygens (including phenoxy) is 1. The largest absolute Gasteiger partial charge is 0.394 e. The Balaban J connectivity index is 2.10. The maximum atomic E-state index is 10.5. The molecule has 3 rings (SSSR count). The molecule has 0 bridgehead atoms. The first-order valence-electron chi connectivity index (χ1n) is 6.70. The summed E-state index contributed by atoms with van der Waals surface area (Å²) in [7, 11) is 1.62. The Hall–Kier alpha value is -1.85. The molecule has 0 aliphatic carbocycles. The van der Waals surface area contributed by atoms with Gasteiger partial charge >= 0.3 is 0 Å². The van der Waals surface area contributed by atoms with Gasteiger partial charge in [0.05, 0.1) is 12.9 Å². The minimum Gasteiger partial charge on any atom is -0.394 e. The summed E-state index contributed by atoms with van der Waals surface area (Å²) < 4.78 is 7.05. The van der Waals surface area contributed by atoms with E-state index in [1.807, 2.05) is 0 Å². The number of hydrogen-bond acceptors (Lipinski definition) is 9. The summed E-state index contributed by atoms with van der Waals surface area (Å²) in [6.07, 6.45) is -0.328. The summed E-state index contributed by atoms with van der Waals surface area (Å²) in [5.41, 5.74) is -0.770. The van der Waals surface area contributed by atoms with Crippen molar-refractivity contribution in [1.82, 2.24) is 19.5 Å². The number of aliphatic hydroxyl groups is 3. The molecule has 1 aliphatic rings. The van der Waals surface area contributed by atoms with Gasteiger partial charge in [0.2, 0.25) is 0 Å². The highest BCUT2D eigenvalue weighted by molar-refractivity contribution is 5.82. The SMILES string of the molecule is CN(N)c1ncnc2c1ncn2C1O[C@H](CO)[C@@H](O)[C@@]1(C)O. The summed E-state index contributed by atoms with van der Waals surface area (Å²) in [5, 5.41) is 31.1. The fourth-order valence-corrected chi connectivity index (χ4v) is 2.66. The zero-order valence-electron chi connectivity index (χ0n) is 12.2. The molecule has 0 saturated carbocycles. The summed E-state index contributed by atoms with van der Waals surface area (Å²) in [4.78, 5) is 12.4. The van der Waals surface area contributed by atoms with Crippen LogP contribution in [0.2, 0.25) is 0 Å². The number of fused-ring (bicyclic) bond motifs is 1. The summed E-state index contributed by atoms with van der Waals surface area (Å²) in [5.74, 6) is 6.12. The van der Waals surface area contributed by atoms with E-state index in [9.17, 15) is 15.3 Å². The molecule has 1 saturated heterocycles. The molecule has 2 aromatic rings. The van der Waals surface area contributed by atoms with Gasteiger partial charge < -0.3 is 20.1 Å². The number of anilines is 1. The molecule has 1 fully saturated rings. The number of hydrazine groups is 1. The molecule has 10 nitrogen and oxygen atoms in total. The minimum absolute atomic E-state index is 0.401. The first kappa shape index (κ1) is 15.1. The van der Waals surface area contributed by atoms with Gasteiger partial charge in [-0.1, -0.05) is 0 Å². The van der Waals surface area contributed by atoms with Gasteiger partial charge in [-0.3, -0.25) is 9.58 Å². The number of aromatic nitrogens is 4. The van der Waals surface area contributed by atoms with Crippen LogP contribution in [0.3, 0.4) is 0 Å². The van der Waals surface area contributed by atoms with Crippen molar-refractivity contribution in [3.8, 4) is 0 Å². The van der Waals surface area contributed by atoms with E-state index in [0.29, 0.717) is 17.0 Å². The molecule has 5 N–H and O–H groups in total. The molecule has 0 aromatic carbocycles. The van der Waals surface area contributed by atoms with Crippen molar-refractivity contribution in [1.29, 1.82) is 0 Å². The van der Waals surface area contributed by atoms with Crippen LogP contribution in [-0.2, 0) is 4.74 Å². The Morgan fingerprint density at radius 2 is 2.18 bits per heavy atom. The van der Waals surface area contributed by atoms with E-state index in [-0.39, 0.29) is 0 Å². The lowest BCUT2D eigenvalue weighted by Gasteiger charge is -2.27. The van der Waals surface area contributed by atoms with Gasteiger partial charge in [-0.15, -0.1) is 0 Å². The van der Waals surface area contributed by atoms with Gasteiger partial charge in [0.25, 0.3) is 0 Å². The number of nitrogens with two attached hydrogens (primary N) is 1. The van der Waals surface area contributed by atoms with E-state index in [0.717, 1.165) is 0 Å². The van der Waals surface area contributed by atoms with Gasteiger partial charge in [-0.05, 0) is 6.92 Å². The standard InChI is InChI=1S/C12H18N6O4/c1-12(21)8(20)6(3-19)22-11(12)18-5-16-7-9(17(2)13)14-4-15-10(7)18/h4-6,8,11,19-21H,3,13H2,1-2H3/t6-,8-,11?,12-/m1/s1. The van der Waals surface area contributed by atoms with Crippen molar-refractivity contribution in [2.75, 3.05) is 18.7 Å². The van der Waals surface area contributed by atoms with Crippen molar-refractivity contribution in [3.63, 3.8) is 0 Å².